The molecule has 7 rings (SSSR count). The van der Waals surface area contributed by atoms with Crippen molar-refractivity contribution in [3.8, 4) is 22.6 Å². The number of para-hydroxylation sites is 1. The Balaban J connectivity index is 1.57. The van der Waals surface area contributed by atoms with Crippen LogP contribution in [0.4, 0.5) is 0 Å². The van der Waals surface area contributed by atoms with E-state index in [0.29, 0.717) is 0 Å². The van der Waals surface area contributed by atoms with Crippen molar-refractivity contribution in [3.63, 3.8) is 0 Å². The minimum absolute atomic E-state index is 0.955. The predicted octanol–water partition coefficient (Wildman–Crippen LogP) is 7.56. The Kier molecular flexibility index (Phi) is 5.49. The Hall–Kier alpha value is -5.15. The van der Waals surface area contributed by atoms with Crippen LogP contribution in [-0.2, 0) is 0 Å². The van der Waals surface area contributed by atoms with Gasteiger partial charge in [0.15, 0.2) is 0 Å². The molecule has 0 aliphatic heterocycles. The zero-order valence-corrected chi connectivity index (χ0v) is 21.8. The molecular weight excluding hydrogens is 474 g/mol. The Morgan fingerprint density at radius 3 is 2.26 bits per heavy atom. The third-order valence-electron chi connectivity index (χ3n) is 7.48. The van der Waals surface area contributed by atoms with Crippen LogP contribution in [0.2, 0.25) is 0 Å². The Bertz CT molecular complexity index is 2110. The summed E-state index contributed by atoms with van der Waals surface area (Å²) < 4.78 is 4.58. The zero-order chi connectivity index (χ0) is 26.3. The largest absolute Gasteiger partial charge is 0.317 e. The van der Waals surface area contributed by atoms with Gasteiger partial charge >= 0.3 is 0 Å². The van der Waals surface area contributed by atoms with Gasteiger partial charge in [-0.05, 0) is 54.8 Å². The number of aromatic nitrogens is 3. The lowest BCUT2D eigenvalue weighted by Gasteiger charge is -2.12. The van der Waals surface area contributed by atoms with Crippen molar-refractivity contribution in [1.29, 1.82) is 0 Å². The van der Waals surface area contributed by atoms with E-state index in [2.05, 4.69) is 125 Å². The van der Waals surface area contributed by atoms with Crippen LogP contribution in [0, 0.1) is 0 Å². The molecule has 0 fully saturated rings. The maximum absolute atomic E-state index is 4.87. The first-order valence-corrected chi connectivity index (χ1v) is 13.2. The first-order valence-electron chi connectivity index (χ1n) is 13.2. The Labute approximate surface area is 226 Å². The molecule has 3 nitrogen and oxygen atoms in total. The van der Waals surface area contributed by atoms with Crippen molar-refractivity contribution in [1.82, 2.24) is 14.1 Å². The van der Waals surface area contributed by atoms with Crippen LogP contribution in [0.5, 0.6) is 0 Å². The topological polar surface area (TPSA) is 22.8 Å². The average Bonchev–Trinajstić information content (AvgIpc) is 3.56. The van der Waals surface area contributed by atoms with E-state index >= 15 is 0 Å². The van der Waals surface area contributed by atoms with Crippen LogP contribution in [-0.4, -0.2) is 14.1 Å². The smallest absolute Gasteiger partial charge is 0.0703 e. The lowest BCUT2D eigenvalue weighted by Crippen LogP contribution is -2.27. The van der Waals surface area contributed by atoms with E-state index in [0.717, 1.165) is 44.1 Å². The molecule has 39 heavy (non-hydrogen) atoms. The molecule has 0 saturated carbocycles. The van der Waals surface area contributed by atoms with Gasteiger partial charge in [0.05, 0.1) is 34.0 Å². The quantitative estimate of drug-likeness (QED) is 0.244. The number of rotatable bonds is 4. The van der Waals surface area contributed by atoms with E-state index in [1.807, 2.05) is 31.3 Å². The SMILES string of the molecule is C=c1/c(=C\C=C/C)n(-c2ccc(-c3ccccc3)nc2)c2c1ccc1ccc3c(ccn3-c3ccccc3)c12. The van der Waals surface area contributed by atoms with E-state index in [9.17, 15) is 0 Å². The number of hydrogen-bond acceptors (Lipinski definition) is 1. The fourth-order valence-corrected chi connectivity index (χ4v) is 5.64. The first kappa shape index (κ1) is 23.0. The van der Waals surface area contributed by atoms with Gasteiger partial charge in [0, 0.05) is 38.8 Å². The molecule has 3 aromatic heterocycles. The molecule has 0 amide bonds. The van der Waals surface area contributed by atoms with Crippen molar-refractivity contribution in [2.75, 3.05) is 0 Å². The summed E-state index contributed by atoms with van der Waals surface area (Å²) >= 11 is 0. The summed E-state index contributed by atoms with van der Waals surface area (Å²) in [5.41, 5.74) is 6.55. The van der Waals surface area contributed by atoms with Gasteiger partial charge in [-0.1, -0.05) is 85.5 Å². The number of benzene rings is 4. The van der Waals surface area contributed by atoms with Crippen molar-refractivity contribution in [2.45, 2.75) is 6.92 Å². The van der Waals surface area contributed by atoms with E-state index in [4.69, 9.17) is 4.98 Å². The maximum Gasteiger partial charge on any atom is 0.0703 e. The highest BCUT2D eigenvalue weighted by Crippen LogP contribution is 2.34. The van der Waals surface area contributed by atoms with Gasteiger partial charge in [0.25, 0.3) is 0 Å². The van der Waals surface area contributed by atoms with Gasteiger partial charge in [-0.2, -0.15) is 0 Å². The van der Waals surface area contributed by atoms with Gasteiger partial charge < -0.3 is 9.13 Å². The summed E-state index contributed by atoms with van der Waals surface area (Å²) in [5, 5.41) is 6.85. The summed E-state index contributed by atoms with van der Waals surface area (Å²) in [7, 11) is 0. The lowest BCUT2D eigenvalue weighted by molar-refractivity contribution is 1.06. The van der Waals surface area contributed by atoms with Crippen LogP contribution in [0.15, 0.2) is 128 Å². The minimum atomic E-state index is 0.955. The summed E-state index contributed by atoms with van der Waals surface area (Å²) in [6, 6.07) is 36.2. The molecule has 0 atom stereocenters. The standard InChI is InChI=1S/C36H27N3/c1-3-4-15-33-25(2)30-19-16-27-17-21-34-31(22-23-38(34)28-13-9-6-10-14-28)35(27)36(30)39(33)29-18-20-32(37-24-29)26-11-7-5-8-12-26/h3-24H,2H2,1H3/b4-3-,33-15+. The summed E-state index contributed by atoms with van der Waals surface area (Å²) in [6.45, 7) is 6.58. The molecule has 3 heterocycles. The third kappa shape index (κ3) is 3.71. The van der Waals surface area contributed by atoms with Crippen molar-refractivity contribution in [2.24, 2.45) is 0 Å². The first-order chi connectivity index (χ1) is 19.2. The summed E-state index contributed by atoms with van der Waals surface area (Å²) in [5.74, 6) is 0. The summed E-state index contributed by atoms with van der Waals surface area (Å²) in [6.07, 6.45) is 10.4. The molecule has 0 saturated heterocycles. The molecule has 0 aliphatic carbocycles. The number of hydrogen-bond donors (Lipinski definition) is 0. The molecule has 0 bridgehead atoms. The van der Waals surface area contributed by atoms with Gasteiger partial charge in [0.1, 0.15) is 0 Å². The second-order valence-electron chi connectivity index (χ2n) is 9.74. The Morgan fingerprint density at radius 2 is 1.51 bits per heavy atom. The van der Waals surface area contributed by atoms with Gasteiger partial charge in [-0.15, -0.1) is 0 Å². The number of allylic oxidation sites excluding steroid dienone is 2. The van der Waals surface area contributed by atoms with E-state index in [1.54, 1.807) is 0 Å². The molecule has 3 heteroatoms. The van der Waals surface area contributed by atoms with Crippen molar-refractivity contribution < 1.29 is 0 Å². The monoisotopic (exact) mass is 501 g/mol. The van der Waals surface area contributed by atoms with Crippen LogP contribution in [0.3, 0.4) is 0 Å². The molecule has 0 spiro atoms. The maximum atomic E-state index is 4.87. The third-order valence-corrected chi connectivity index (χ3v) is 7.48. The second-order valence-corrected chi connectivity index (χ2v) is 9.74. The van der Waals surface area contributed by atoms with Gasteiger partial charge in [-0.25, -0.2) is 0 Å². The molecule has 0 N–H and O–H groups in total. The normalized spacial score (nSPS) is 12.4. The molecule has 0 aliphatic rings. The molecule has 186 valence electrons. The Morgan fingerprint density at radius 1 is 0.744 bits per heavy atom. The highest BCUT2D eigenvalue weighted by Gasteiger charge is 2.16. The molecule has 0 radical (unpaired) electrons. The van der Waals surface area contributed by atoms with E-state index in [-0.39, 0.29) is 0 Å². The van der Waals surface area contributed by atoms with Gasteiger partial charge in [-0.3, -0.25) is 4.98 Å². The second kappa shape index (κ2) is 9.30. The zero-order valence-electron chi connectivity index (χ0n) is 21.8. The highest BCUT2D eigenvalue weighted by molar-refractivity contribution is 6.19. The molecule has 7 aromatic rings. The number of fused-ring (bicyclic) bond motifs is 5. The predicted molar refractivity (Wildman–Crippen MR) is 165 cm³/mol. The van der Waals surface area contributed by atoms with Crippen LogP contribution in [0.1, 0.15) is 6.92 Å². The van der Waals surface area contributed by atoms with Crippen LogP contribution in [0.25, 0.3) is 67.9 Å². The number of pyridine rings is 1. The number of nitrogens with zero attached hydrogens (tertiary/aromatic N) is 3. The fourth-order valence-electron chi connectivity index (χ4n) is 5.64. The lowest BCUT2D eigenvalue weighted by atomic mass is 10.0. The molecule has 0 unspecified atom stereocenters. The fraction of sp³-hybridized carbons (Fsp3) is 0.0278. The van der Waals surface area contributed by atoms with E-state index < -0.39 is 0 Å². The van der Waals surface area contributed by atoms with Crippen LogP contribution < -0.4 is 10.6 Å². The highest BCUT2D eigenvalue weighted by atomic mass is 15.0. The molecule has 4 aromatic carbocycles. The van der Waals surface area contributed by atoms with E-state index in [1.165, 1.54) is 21.7 Å². The average molecular weight is 502 g/mol. The van der Waals surface area contributed by atoms with Gasteiger partial charge in [0.2, 0.25) is 0 Å². The summed E-state index contributed by atoms with van der Waals surface area (Å²) in [4.78, 5) is 4.87. The van der Waals surface area contributed by atoms with Crippen LogP contribution >= 0.6 is 0 Å². The van der Waals surface area contributed by atoms with Crippen molar-refractivity contribution >= 4 is 45.2 Å². The minimum Gasteiger partial charge on any atom is -0.317 e. The molecular formula is C36H27N3. The van der Waals surface area contributed by atoms with Crippen molar-refractivity contribution in [3.05, 3.63) is 138 Å².